The zero-order chi connectivity index (χ0) is 17.5. The number of carbonyl (C=O) groups is 3. The van der Waals surface area contributed by atoms with Crippen LogP contribution in [0, 0.1) is 0 Å². The number of aliphatic imine (C=N–C) groups is 1. The van der Waals surface area contributed by atoms with Crippen LogP contribution in [0.4, 0.5) is 5.69 Å². The van der Waals surface area contributed by atoms with Gasteiger partial charge in [-0.25, -0.2) is 4.79 Å². The summed E-state index contributed by atoms with van der Waals surface area (Å²) in [4.78, 5) is 38.3. The normalized spacial score (nSPS) is 13.5. The van der Waals surface area contributed by atoms with E-state index in [2.05, 4.69) is 27.1 Å². The van der Waals surface area contributed by atoms with Crippen LogP contribution in [0.25, 0.3) is 0 Å². The van der Waals surface area contributed by atoms with Crippen LogP contribution in [0.15, 0.2) is 51.8 Å². The average molecular weight is 346 g/mol. The van der Waals surface area contributed by atoms with Crippen LogP contribution in [-0.2, 0) is 14.3 Å². The van der Waals surface area contributed by atoms with Gasteiger partial charge in [-0.15, -0.1) is 10.2 Å². The Morgan fingerprint density at radius 2 is 1.96 bits per heavy atom. The van der Waals surface area contributed by atoms with Crippen molar-refractivity contribution in [3.63, 3.8) is 0 Å². The van der Waals surface area contributed by atoms with Gasteiger partial charge in [0.05, 0.1) is 17.9 Å². The second-order valence-corrected chi connectivity index (χ2v) is 5.42. The summed E-state index contributed by atoms with van der Waals surface area (Å²) in [5.41, 5.74) is 0.899. The van der Waals surface area contributed by atoms with Gasteiger partial charge in [0.15, 0.2) is 0 Å². The van der Waals surface area contributed by atoms with E-state index in [9.17, 15) is 14.4 Å². The second-order valence-electron chi connectivity index (χ2n) is 4.48. The molecule has 0 fully saturated rings. The van der Waals surface area contributed by atoms with Gasteiger partial charge in [0, 0.05) is 5.69 Å². The van der Waals surface area contributed by atoms with E-state index in [0.29, 0.717) is 17.9 Å². The molecular weight excluding hydrogens is 332 g/mol. The Morgan fingerprint density at radius 1 is 1.25 bits per heavy atom. The molecule has 0 spiro atoms. The summed E-state index contributed by atoms with van der Waals surface area (Å²) in [5.74, 6) is -1.28. The third kappa shape index (κ3) is 4.85. The fourth-order valence-electron chi connectivity index (χ4n) is 1.61. The maximum absolute atomic E-state index is 11.9. The zero-order valence-electron chi connectivity index (χ0n) is 12.8. The molecule has 0 saturated carbocycles. The predicted molar refractivity (Wildman–Crippen MR) is 89.9 cm³/mol. The van der Waals surface area contributed by atoms with Crippen molar-refractivity contribution in [3.05, 3.63) is 42.1 Å². The number of nitrogens with zero attached hydrogens (tertiary/aromatic N) is 3. The highest BCUT2D eigenvalue weighted by Crippen LogP contribution is 2.15. The van der Waals surface area contributed by atoms with E-state index >= 15 is 0 Å². The minimum atomic E-state index is -0.567. The number of nitrogens with one attached hydrogen (secondary N) is 1. The molecule has 9 heteroatoms. The molecule has 1 heterocycles. The lowest BCUT2D eigenvalue weighted by Gasteiger charge is -2.07. The summed E-state index contributed by atoms with van der Waals surface area (Å²) in [6.45, 7) is 5.40. The molecule has 2 amide bonds. The van der Waals surface area contributed by atoms with Gasteiger partial charge in [-0.3, -0.25) is 9.59 Å². The van der Waals surface area contributed by atoms with Crippen LogP contribution in [-0.4, -0.2) is 35.3 Å². The van der Waals surface area contributed by atoms with Crippen molar-refractivity contribution >= 4 is 40.4 Å². The van der Waals surface area contributed by atoms with Gasteiger partial charge in [-0.2, -0.15) is 4.99 Å². The number of ether oxygens (including phenoxy) is 1. The number of azo groups is 1. The molecule has 1 aliphatic rings. The minimum absolute atomic E-state index is 0.0111. The van der Waals surface area contributed by atoms with Gasteiger partial charge in [0.2, 0.25) is 11.1 Å². The largest absolute Gasteiger partial charge is 0.462 e. The highest BCUT2D eigenvalue weighted by molar-refractivity contribution is 8.14. The number of amidine groups is 1. The number of anilines is 1. The molecule has 0 aliphatic carbocycles. The lowest BCUT2D eigenvalue weighted by Crippen LogP contribution is -2.16. The summed E-state index contributed by atoms with van der Waals surface area (Å²) in [5, 5.41) is 9.99. The Bertz CT molecular complexity index is 740. The standard InChI is InChI=1S/C15H14N4O4S/c1-3-23-14(22)10-4-6-11(7-5-10)16-12(20)8-24-15-17-13(21)9(2)18-19-15/h4-7H,2-3,8H2,1H3,(H,16,20). The third-order valence-corrected chi connectivity index (χ3v) is 3.55. The molecule has 124 valence electrons. The smallest absolute Gasteiger partial charge is 0.338 e. The van der Waals surface area contributed by atoms with Crippen LogP contribution in [0.3, 0.4) is 0 Å². The van der Waals surface area contributed by atoms with Gasteiger partial charge in [0.1, 0.15) is 5.70 Å². The first-order valence-electron chi connectivity index (χ1n) is 6.93. The van der Waals surface area contributed by atoms with Gasteiger partial charge in [-0.05, 0) is 31.2 Å². The molecule has 1 N–H and O–H groups in total. The van der Waals surface area contributed by atoms with Crippen LogP contribution < -0.4 is 5.32 Å². The molecule has 0 unspecified atom stereocenters. The van der Waals surface area contributed by atoms with E-state index in [0.717, 1.165) is 11.8 Å². The Hall–Kier alpha value is -2.81. The fourth-order valence-corrected chi connectivity index (χ4v) is 2.19. The number of carbonyl (C=O) groups excluding carboxylic acids is 3. The monoisotopic (exact) mass is 346 g/mol. The molecule has 0 saturated heterocycles. The maximum Gasteiger partial charge on any atom is 0.338 e. The molecule has 0 atom stereocenters. The number of esters is 1. The quantitative estimate of drug-likeness (QED) is 0.650. The topological polar surface area (TPSA) is 110 Å². The first kappa shape index (κ1) is 17.5. The summed E-state index contributed by atoms with van der Waals surface area (Å²) in [7, 11) is 0. The number of hydrogen-bond donors (Lipinski definition) is 1. The van der Waals surface area contributed by atoms with E-state index in [1.807, 2.05) is 0 Å². The SMILES string of the molecule is C=C1N=NC(SCC(=O)Nc2ccc(C(=O)OCC)cc2)=NC1=O. The zero-order valence-corrected chi connectivity index (χ0v) is 13.6. The van der Waals surface area contributed by atoms with Gasteiger partial charge < -0.3 is 10.1 Å². The molecule has 0 aromatic heterocycles. The van der Waals surface area contributed by atoms with Crippen LogP contribution in [0.2, 0.25) is 0 Å². The van der Waals surface area contributed by atoms with E-state index < -0.39 is 11.9 Å². The number of rotatable bonds is 5. The highest BCUT2D eigenvalue weighted by atomic mass is 32.2. The van der Waals surface area contributed by atoms with E-state index in [1.54, 1.807) is 31.2 Å². The molecule has 0 bridgehead atoms. The van der Waals surface area contributed by atoms with Gasteiger partial charge in [0.25, 0.3) is 5.91 Å². The van der Waals surface area contributed by atoms with Crippen molar-refractivity contribution in [1.29, 1.82) is 0 Å². The highest BCUT2D eigenvalue weighted by Gasteiger charge is 2.15. The number of hydrogen-bond acceptors (Lipinski definition) is 7. The minimum Gasteiger partial charge on any atom is -0.462 e. The molecular formula is C15H14N4O4S. The first-order chi connectivity index (χ1) is 11.5. The molecule has 1 aromatic carbocycles. The van der Waals surface area contributed by atoms with E-state index in [-0.39, 0.29) is 22.5 Å². The number of benzene rings is 1. The van der Waals surface area contributed by atoms with Crippen molar-refractivity contribution < 1.29 is 19.1 Å². The number of thioether (sulfide) groups is 1. The first-order valence-corrected chi connectivity index (χ1v) is 7.91. The van der Waals surface area contributed by atoms with E-state index in [1.165, 1.54) is 0 Å². The van der Waals surface area contributed by atoms with Crippen molar-refractivity contribution in [2.45, 2.75) is 6.92 Å². The van der Waals surface area contributed by atoms with Crippen LogP contribution >= 0.6 is 11.8 Å². The Kier molecular flexibility index (Phi) is 5.96. The molecule has 1 aromatic rings. The maximum atomic E-state index is 11.9. The second kappa shape index (κ2) is 8.16. The average Bonchev–Trinajstić information content (AvgIpc) is 2.57. The molecule has 2 rings (SSSR count). The van der Waals surface area contributed by atoms with Crippen LogP contribution in [0.5, 0.6) is 0 Å². The van der Waals surface area contributed by atoms with Crippen molar-refractivity contribution in [3.8, 4) is 0 Å². The lowest BCUT2D eigenvalue weighted by atomic mass is 10.2. The van der Waals surface area contributed by atoms with Gasteiger partial charge >= 0.3 is 5.97 Å². The van der Waals surface area contributed by atoms with Crippen molar-refractivity contribution in [1.82, 2.24) is 0 Å². The Labute approximate surface area is 142 Å². The molecule has 8 nitrogen and oxygen atoms in total. The fraction of sp³-hybridized carbons (Fsp3) is 0.200. The molecule has 24 heavy (non-hydrogen) atoms. The number of amides is 2. The van der Waals surface area contributed by atoms with Gasteiger partial charge in [-0.1, -0.05) is 18.3 Å². The van der Waals surface area contributed by atoms with Crippen LogP contribution in [0.1, 0.15) is 17.3 Å². The molecule has 1 aliphatic heterocycles. The van der Waals surface area contributed by atoms with Crippen molar-refractivity contribution in [2.24, 2.45) is 15.2 Å². The van der Waals surface area contributed by atoms with E-state index in [4.69, 9.17) is 4.74 Å². The third-order valence-electron chi connectivity index (χ3n) is 2.71. The Morgan fingerprint density at radius 3 is 2.58 bits per heavy atom. The molecule has 0 radical (unpaired) electrons. The Balaban J connectivity index is 1.85. The summed E-state index contributed by atoms with van der Waals surface area (Å²) >= 11 is 0.987. The lowest BCUT2D eigenvalue weighted by molar-refractivity contribution is -0.115. The predicted octanol–water partition coefficient (Wildman–Crippen LogP) is 2.40. The summed E-state index contributed by atoms with van der Waals surface area (Å²) in [6.07, 6.45) is 0. The summed E-state index contributed by atoms with van der Waals surface area (Å²) < 4.78 is 4.88. The van der Waals surface area contributed by atoms with Crippen molar-refractivity contribution in [2.75, 3.05) is 17.7 Å². The summed E-state index contributed by atoms with van der Waals surface area (Å²) in [6, 6.07) is 6.31.